The molecular formula is C10H17FN2O3. The number of carbonyl (C=O) groups excluding carboxylic acids is 2. The molecule has 1 fully saturated rings. The molecule has 0 saturated carbocycles. The Morgan fingerprint density at radius 1 is 1.44 bits per heavy atom. The molecule has 0 spiro atoms. The summed E-state index contributed by atoms with van der Waals surface area (Å²) in [6, 6.07) is -0.650. The molecular weight excluding hydrogens is 215 g/mol. The van der Waals surface area contributed by atoms with E-state index in [0.717, 1.165) is 0 Å². The zero-order valence-electron chi connectivity index (χ0n) is 9.67. The van der Waals surface area contributed by atoms with E-state index in [2.05, 4.69) is 10.6 Å². The molecule has 0 aromatic carbocycles. The van der Waals surface area contributed by atoms with Crippen LogP contribution in [0, 0.1) is 0 Å². The summed E-state index contributed by atoms with van der Waals surface area (Å²) in [5.74, 6) is -0.547. The highest BCUT2D eigenvalue weighted by Gasteiger charge is 2.30. The number of carbonyl (C=O) groups is 2. The molecule has 1 rings (SSSR count). The lowest BCUT2D eigenvalue weighted by molar-refractivity contribution is -0.122. The van der Waals surface area contributed by atoms with Gasteiger partial charge < -0.3 is 10.1 Å². The summed E-state index contributed by atoms with van der Waals surface area (Å²) in [6.45, 7) is 5.24. The Morgan fingerprint density at radius 2 is 2.06 bits per heavy atom. The van der Waals surface area contributed by atoms with Crippen LogP contribution in [0.25, 0.3) is 0 Å². The van der Waals surface area contributed by atoms with Gasteiger partial charge in [0.25, 0.3) is 0 Å². The van der Waals surface area contributed by atoms with Gasteiger partial charge in [-0.25, -0.2) is 9.18 Å². The van der Waals surface area contributed by atoms with Crippen LogP contribution in [-0.2, 0) is 9.53 Å². The van der Waals surface area contributed by atoms with Gasteiger partial charge in [0.05, 0.1) is 6.04 Å². The van der Waals surface area contributed by atoms with E-state index in [-0.39, 0.29) is 13.0 Å². The predicted octanol–water partition coefficient (Wildman–Crippen LogP) is 0.738. The minimum atomic E-state index is -1.03. The summed E-state index contributed by atoms with van der Waals surface area (Å²) in [5.41, 5.74) is -0.657. The van der Waals surface area contributed by atoms with E-state index in [9.17, 15) is 14.0 Å². The van der Waals surface area contributed by atoms with Crippen LogP contribution in [0.3, 0.4) is 0 Å². The molecule has 1 heterocycles. The van der Waals surface area contributed by atoms with Crippen molar-refractivity contribution in [1.29, 1.82) is 0 Å². The fourth-order valence-corrected chi connectivity index (χ4v) is 1.38. The van der Waals surface area contributed by atoms with Crippen molar-refractivity contribution >= 4 is 12.0 Å². The lowest BCUT2D eigenvalue weighted by Crippen LogP contribution is -2.45. The standard InChI is InChI=1S/C10H17FN2O3/c1-10(2,3)16-9(15)13-8(14)7-4-6(11)5-12-7/h6-7,12H,4-5H2,1-3H3,(H,13,14,15)/t6-,7-/m0/s1. The number of alkyl halides is 1. The molecule has 2 amide bonds. The fraction of sp³-hybridized carbons (Fsp3) is 0.800. The van der Waals surface area contributed by atoms with Crippen LogP contribution >= 0.6 is 0 Å². The molecule has 16 heavy (non-hydrogen) atoms. The number of ether oxygens (including phenoxy) is 1. The molecule has 0 bridgehead atoms. The Bertz CT molecular complexity index is 288. The Balaban J connectivity index is 2.37. The van der Waals surface area contributed by atoms with Crippen molar-refractivity contribution in [2.75, 3.05) is 6.54 Å². The van der Waals surface area contributed by atoms with Crippen molar-refractivity contribution in [1.82, 2.24) is 10.6 Å². The molecule has 6 heteroatoms. The average Bonchev–Trinajstić information content (AvgIpc) is 2.47. The maximum atomic E-state index is 12.8. The number of rotatable bonds is 1. The van der Waals surface area contributed by atoms with E-state index in [1.54, 1.807) is 20.8 Å². The molecule has 0 aliphatic carbocycles. The number of halogens is 1. The van der Waals surface area contributed by atoms with Crippen molar-refractivity contribution in [3.63, 3.8) is 0 Å². The number of hydrogen-bond acceptors (Lipinski definition) is 4. The lowest BCUT2D eigenvalue weighted by Gasteiger charge is -2.20. The van der Waals surface area contributed by atoms with Gasteiger partial charge in [-0.05, 0) is 20.8 Å². The van der Waals surface area contributed by atoms with Gasteiger partial charge in [-0.1, -0.05) is 0 Å². The third-order valence-corrected chi connectivity index (χ3v) is 2.02. The van der Waals surface area contributed by atoms with Gasteiger partial charge in [0.15, 0.2) is 0 Å². The smallest absolute Gasteiger partial charge is 0.414 e. The number of nitrogens with one attached hydrogen (secondary N) is 2. The molecule has 0 aromatic rings. The molecule has 0 unspecified atom stereocenters. The van der Waals surface area contributed by atoms with Gasteiger partial charge in [-0.15, -0.1) is 0 Å². The molecule has 1 aliphatic heterocycles. The number of amides is 2. The Labute approximate surface area is 93.7 Å². The SMILES string of the molecule is CC(C)(C)OC(=O)NC(=O)[C@@H]1C[C@H](F)CN1. The number of hydrogen-bond donors (Lipinski definition) is 2. The molecule has 0 radical (unpaired) electrons. The second-order valence-corrected chi connectivity index (χ2v) is 4.78. The van der Waals surface area contributed by atoms with Gasteiger partial charge >= 0.3 is 6.09 Å². The van der Waals surface area contributed by atoms with Gasteiger partial charge in [0, 0.05) is 13.0 Å². The molecule has 0 aromatic heterocycles. The summed E-state index contributed by atoms with van der Waals surface area (Å²) in [4.78, 5) is 22.7. The van der Waals surface area contributed by atoms with Crippen molar-refractivity contribution in [2.45, 2.75) is 45.0 Å². The molecule has 92 valence electrons. The minimum Gasteiger partial charge on any atom is -0.444 e. The topological polar surface area (TPSA) is 67.4 Å². The Hall–Kier alpha value is -1.17. The molecule has 5 nitrogen and oxygen atoms in total. The lowest BCUT2D eigenvalue weighted by atomic mass is 10.2. The number of alkyl carbamates (subject to hydrolysis) is 1. The third kappa shape index (κ3) is 4.14. The van der Waals surface area contributed by atoms with Crippen molar-refractivity contribution < 1.29 is 18.7 Å². The molecule has 2 N–H and O–H groups in total. The van der Waals surface area contributed by atoms with Crippen LogP contribution in [0.2, 0.25) is 0 Å². The van der Waals surface area contributed by atoms with Gasteiger partial charge in [0.2, 0.25) is 5.91 Å². The second kappa shape index (κ2) is 4.78. The summed E-state index contributed by atoms with van der Waals surface area (Å²) in [7, 11) is 0. The van der Waals surface area contributed by atoms with E-state index >= 15 is 0 Å². The zero-order chi connectivity index (χ0) is 12.3. The van der Waals surface area contributed by atoms with Gasteiger partial charge in [0.1, 0.15) is 11.8 Å². The van der Waals surface area contributed by atoms with Crippen LogP contribution in [0.15, 0.2) is 0 Å². The molecule has 1 aliphatic rings. The van der Waals surface area contributed by atoms with Crippen molar-refractivity contribution in [3.05, 3.63) is 0 Å². The minimum absolute atomic E-state index is 0.0919. The first-order valence-corrected chi connectivity index (χ1v) is 5.19. The average molecular weight is 232 g/mol. The maximum Gasteiger partial charge on any atom is 0.414 e. The first-order chi connectivity index (χ1) is 7.28. The first kappa shape index (κ1) is 12.9. The van der Waals surface area contributed by atoms with E-state index < -0.39 is 29.8 Å². The van der Waals surface area contributed by atoms with Crippen molar-refractivity contribution in [3.8, 4) is 0 Å². The van der Waals surface area contributed by atoms with E-state index in [4.69, 9.17) is 4.74 Å². The van der Waals surface area contributed by atoms with Crippen LogP contribution in [0.1, 0.15) is 27.2 Å². The summed E-state index contributed by atoms with van der Waals surface area (Å²) in [6.07, 6.45) is -1.75. The van der Waals surface area contributed by atoms with E-state index in [1.165, 1.54) is 0 Å². The van der Waals surface area contributed by atoms with Crippen LogP contribution in [0.4, 0.5) is 9.18 Å². The Kier molecular flexibility index (Phi) is 3.85. The highest BCUT2D eigenvalue weighted by molar-refractivity contribution is 5.95. The Morgan fingerprint density at radius 3 is 2.50 bits per heavy atom. The van der Waals surface area contributed by atoms with Gasteiger partial charge in [-0.3, -0.25) is 10.1 Å². The second-order valence-electron chi connectivity index (χ2n) is 4.78. The third-order valence-electron chi connectivity index (χ3n) is 2.02. The quantitative estimate of drug-likeness (QED) is 0.699. The monoisotopic (exact) mass is 232 g/mol. The fourth-order valence-electron chi connectivity index (χ4n) is 1.38. The van der Waals surface area contributed by atoms with Crippen molar-refractivity contribution in [2.24, 2.45) is 0 Å². The summed E-state index contributed by atoms with van der Waals surface area (Å²) < 4.78 is 17.7. The number of imide groups is 1. The summed E-state index contributed by atoms with van der Waals surface area (Å²) in [5, 5.41) is 4.75. The zero-order valence-corrected chi connectivity index (χ0v) is 9.67. The first-order valence-electron chi connectivity index (χ1n) is 5.19. The van der Waals surface area contributed by atoms with Gasteiger partial charge in [-0.2, -0.15) is 0 Å². The predicted molar refractivity (Wildman–Crippen MR) is 55.7 cm³/mol. The largest absolute Gasteiger partial charge is 0.444 e. The summed E-state index contributed by atoms with van der Waals surface area (Å²) >= 11 is 0. The molecule has 1 saturated heterocycles. The van der Waals surface area contributed by atoms with E-state index in [0.29, 0.717) is 0 Å². The normalized spacial score (nSPS) is 25.2. The highest BCUT2D eigenvalue weighted by atomic mass is 19.1. The van der Waals surface area contributed by atoms with Crippen LogP contribution in [-0.4, -0.2) is 36.4 Å². The maximum absolute atomic E-state index is 12.8. The van der Waals surface area contributed by atoms with Crippen LogP contribution < -0.4 is 10.6 Å². The van der Waals surface area contributed by atoms with Crippen LogP contribution in [0.5, 0.6) is 0 Å². The van der Waals surface area contributed by atoms with E-state index in [1.807, 2.05) is 0 Å². The molecule has 2 atom stereocenters. The highest BCUT2D eigenvalue weighted by Crippen LogP contribution is 2.10.